The Kier molecular flexibility index (Phi) is 5.81. The largest absolute Gasteiger partial charge is 0.298 e. The Hall–Kier alpha value is -1.77. The molecule has 1 aromatic heterocycles. The summed E-state index contributed by atoms with van der Waals surface area (Å²) in [5, 5.41) is 5.64. The molecule has 8 heteroatoms. The topological polar surface area (TPSA) is 79.4 Å². The highest BCUT2D eigenvalue weighted by molar-refractivity contribution is 7.89. The summed E-state index contributed by atoms with van der Waals surface area (Å²) in [5.41, 5.74) is 1.97. The summed E-state index contributed by atoms with van der Waals surface area (Å²) in [5.74, 6) is 2.51. The van der Waals surface area contributed by atoms with E-state index in [1.54, 1.807) is 28.6 Å². The number of nitrogens with one attached hydrogen (secondary N) is 1. The van der Waals surface area contributed by atoms with E-state index < -0.39 is 10.0 Å². The predicted octanol–water partition coefficient (Wildman–Crippen LogP) is 5.33. The second-order valence-corrected chi connectivity index (χ2v) is 14.0. The lowest BCUT2D eigenvalue weighted by Crippen LogP contribution is -2.47. The number of amides is 1. The summed E-state index contributed by atoms with van der Waals surface area (Å²) < 4.78 is 27.2. The van der Waals surface area contributed by atoms with Crippen molar-refractivity contribution in [1.29, 1.82) is 0 Å². The molecule has 2 heterocycles. The molecule has 0 radical (unpaired) electrons. The Morgan fingerprint density at radius 1 is 1.00 bits per heavy atom. The predicted molar refractivity (Wildman–Crippen MR) is 133 cm³/mol. The van der Waals surface area contributed by atoms with E-state index >= 15 is 0 Å². The minimum atomic E-state index is -3.49. The molecule has 5 aliphatic rings. The van der Waals surface area contributed by atoms with Gasteiger partial charge >= 0.3 is 0 Å². The zero-order valence-corrected chi connectivity index (χ0v) is 21.2. The van der Waals surface area contributed by atoms with Gasteiger partial charge in [-0.25, -0.2) is 13.4 Å². The molecule has 1 amide bonds. The minimum Gasteiger partial charge on any atom is -0.298 e. The van der Waals surface area contributed by atoms with Gasteiger partial charge in [0.1, 0.15) is 0 Å². The number of sulfonamides is 1. The molecular weight excluding hydrogens is 466 g/mol. The Morgan fingerprint density at radius 3 is 2.24 bits per heavy atom. The molecule has 2 aromatic rings. The number of carbonyl (C=O) groups excluding carboxylic acids is 1. The lowest BCUT2D eigenvalue weighted by molar-refractivity contribution is -0.0525. The molecular formula is C26H33N3O3S2. The second-order valence-electron chi connectivity index (χ2n) is 11.2. The maximum atomic E-state index is 12.8. The third-order valence-electron chi connectivity index (χ3n) is 8.56. The Labute approximate surface area is 206 Å². The monoisotopic (exact) mass is 499 g/mol. The van der Waals surface area contributed by atoms with Gasteiger partial charge in [0.05, 0.1) is 10.6 Å². The van der Waals surface area contributed by atoms with Crippen LogP contribution in [-0.4, -0.2) is 36.7 Å². The molecule has 4 saturated carbocycles. The van der Waals surface area contributed by atoms with Crippen LogP contribution in [0, 0.1) is 23.2 Å². The summed E-state index contributed by atoms with van der Waals surface area (Å²) in [7, 11) is -3.49. The van der Waals surface area contributed by atoms with Crippen LogP contribution in [0.3, 0.4) is 0 Å². The van der Waals surface area contributed by atoms with Crippen LogP contribution in [0.5, 0.6) is 0 Å². The van der Waals surface area contributed by atoms with Gasteiger partial charge in [-0.15, -0.1) is 11.3 Å². The first-order valence-electron chi connectivity index (χ1n) is 12.7. The molecule has 0 unspecified atom stereocenters. The molecule has 182 valence electrons. The number of hydrogen-bond donors (Lipinski definition) is 1. The van der Waals surface area contributed by atoms with Crippen molar-refractivity contribution >= 4 is 32.4 Å². The average Bonchev–Trinajstić information content (AvgIpc) is 3.24. The van der Waals surface area contributed by atoms with Gasteiger partial charge in [0.2, 0.25) is 10.0 Å². The summed E-state index contributed by atoms with van der Waals surface area (Å²) in [6, 6.07) is 6.27. The smallest absolute Gasteiger partial charge is 0.257 e. The highest BCUT2D eigenvalue weighted by atomic mass is 32.2. The fourth-order valence-corrected chi connectivity index (χ4v) is 9.76. The van der Waals surface area contributed by atoms with Crippen molar-refractivity contribution in [2.24, 2.45) is 23.2 Å². The van der Waals surface area contributed by atoms with Gasteiger partial charge in [0.15, 0.2) is 5.13 Å². The number of rotatable bonds is 6. The van der Waals surface area contributed by atoms with Gasteiger partial charge in [0.25, 0.3) is 5.91 Å². The van der Waals surface area contributed by atoms with Crippen molar-refractivity contribution in [1.82, 2.24) is 9.29 Å². The molecule has 5 fully saturated rings. The maximum Gasteiger partial charge on any atom is 0.257 e. The van der Waals surface area contributed by atoms with E-state index in [1.807, 2.05) is 0 Å². The lowest BCUT2D eigenvalue weighted by Gasteiger charge is -2.56. The first-order valence-corrected chi connectivity index (χ1v) is 15.1. The van der Waals surface area contributed by atoms with Crippen LogP contribution in [0.25, 0.3) is 0 Å². The van der Waals surface area contributed by atoms with Crippen molar-refractivity contribution in [3.8, 4) is 0 Å². The van der Waals surface area contributed by atoms with Crippen LogP contribution in [0.4, 0.5) is 5.13 Å². The van der Waals surface area contributed by atoms with Crippen LogP contribution >= 0.6 is 11.3 Å². The maximum absolute atomic E-state index is 12.8. The summed E-state index contributed by atoms with van der Waals surface area (Å²) in [6.45, 7) is 1.14. The van der Waals surface area contributed by atoms with E-state index in [9.17, 15) is 13.2 Å². The average molecular weight is 500 g/mol. The first-order chi connectivity index (χ1) is 16.4. The van der Waals surface area contributed by atoms with Gasteiger partial charge in [0, 0.05) is 24.0 Å². The molecule has 4 bridgehead atoms. The van der Waals surface area contributed by atoms with E-state index in [0.717, 1.165) is 49.1 Å². The summed E-state index contributed by atoms with van der Waals surface area (Å²) in [6.07, 6.45) is 12.3. The molecule has 6 nitrogen and oxygen atoms in total. The molecule has 0 atom stereocenters. The van der Waals surface area contributed by atoms with Crippen LogP contribution in [0.1, 0.15) is 73.8 Å². The second kappa shape index (κ2) is 8.71. The normalized spacial score (nSPS) is 31.0. The van der Waals surface area contributed by atoms with Crippen molar-refractivity contribution in [2.75, 3.05) is 18.4 Å². The highest BCUT2D eigenvalue weighted by Crippen LogP contribution is 2.61. The SMILES string of the molecule is O=C(Nc1nc(CC23CC4CC(CC(C4)C2)C3)cs1)c1ccc(S(=O)(=O)N2CCCCC2)cc1. The fraction of sp³-hybridized carbons (Fsp3) is 0.615. The first kappa shape index (κ1) is 22.7. The van der Waals surface area contributed by atoms with Crippen molar-refractivity contribution in [3.05, 3.63) is 40.9 Å². The van der Waals surface area contributed by atoms with Crippen LogP contribution in [-0.2, 0) is 16.4 Å². The number of hydrogen-bond acceptors (Lipinski definition) is 5. The fourth-order valence-electron chi connectivity index (χ4n) is 7.54. The van der Waals surface area contributed by atoms with Crippen molar-refractivity contribution in [3.63, 3.8) is 0 Å². The number of thiazole rings is 1. The molecule has 34 heavy (non-hydrogen) atoms. The molecule has 1 N–H and O–H groups in total. The van der Waals surface area contributed by atoms with Crippen molar-refractivity contribution in [2.45, 2.75) is 69.1 Å². The van der Waals surface area contributed by atoms with Crippen molar-refractivity contribution < 1.29 is 13.2 Å². The van der Waals surface area contributed by atoms with E-state index in [-0.39, 0.29) is 10.8 Å². The molecule has 1 saturated heterocycles. The number of anilines is 1. The highest BCUT2D eigenvalue weighted by Gasteiger charge is 2.50. The van der Waals surface area contributed by atoms with Crippen LogP contribution in [0.15, 0.2) is 34.5 Å². The Balaban J connectivity index is 1.10. The number of nitrogens with zero attached hydrogens (tertiary/aromatic N) is 2. The molecule has 1 aromatic carbocycles. The van der Waals surface area contributed by atoms with Gasteiger partial charge < -0.3 is 0 Å². The third kappa shape index (κ3) is 4.33. The molecule has 0 spiro atoms. The summed E-state index contributed by atoms with van der Waals surface area (Å²) >= 11 is 1.48. The Bertz CT molecular complexity index is 1130. The zero-order valence-electron chi connectivity index (χ0n) is 19.5. The third-order valence-corrected chi connectivity index (χ3v) is 11.3. The minimum absolute atomic E-state index is 0.248. The summed E-state index contributed by atoms with van der Waals surface area (Å²) in [4.78, 5) is 17.8. The van der Waals surface area contributed by atoms with E-state index in [2.05, 4.69) is 10.7 Å². The van der Waals surface area contributed by atoms with Crippen LogP contribution < -0.4 is 5.32 Å². The Morgan fingerprint density at radius 2 is 1.62 bits per heavy atom. The number of aromatic nitrogens is 1. The molecule has 4 aliphatic carbocycles. The van der Waals surface area contributed by atoms with E-state index in [1.165, 1.54) is 49.9 Å². The number of piperidine rings is 1. The van der Waals surface area contributed by atoms with E-state index in [4.69, 9.17) is 4.98 Å². The van der Waals surface area contributed by atoms with Gasteiger partial charge in [-0.3, -0.25) is 10.1 Å². The number of carbonyl (C=O) groups is 1. The van der Waals surface area contributed by atoms with Gasteiger partial charge in [-0.1, -0.05) is 6.42 Å². The van der Waals surface area contributed by atoms with Gasteiger partial charge in [-0.05, 0) is 105 Å². The zero-order chi connectivity index (χ0) is 23.3. The van der Waals surface area contributed by atoms with E-state index in [0.29, 0.717) is 29.2 Å². The lowest BCUT2D eigenvalue weighted by atomic mass is 9.48. The number of benzene rings is 1. The van der Waals surface area contributed by atoms with Crippen LogP contribution in [0.2, 0.25) is 0 Å². The van der Waals surface area contributed by atoms with Gasteiger partial charge in [-0.2, -0.15) is 4.31 Å². The molecule has 7 rings (SSSR count). The quantitative estimate of drug-likeness (QED) is 0.583. The standard InChI is InChI=1S/C26H33N3O3S2/c30-24(21-4-6-23(7-5-21)34(31,32)29-8-2-1-3-9-29)28-25-27-22(17-33-25)16-26-13-18-10-19(14-26)12-20(11-18)15-26/h4-7,17-20H,1-3,8-16H2,(H,27,28,30). The molecule has 1 aliphatic heterocycles.